The van der Waals surface area contributed by atoms with Gasteiger partial charge in [-0.05, 0) is 266 Å². The Kier molecular flexibility index (Phi) is 48.1. The SMILES string of the molecule is CC(C)N(C)C(=O)C1CN(C(C)C)C1C.CC(C)N1CC(C(=O)N(C)C(C)C)C1.CC(C)N1CC(F)(C(=O)N(C)C(C)C)C1.CC(C)N1CC(OC(=O)N(C)C(C)C)C1.CC(C)N1CC2C(C1)C2C(=O)N(C)C(C)C.CC(C)N1CCC(C(=O)N(C)C(C)C)CC1.CC(C)N1CCC(F)(C(=O)N(C)C(C)C)CC1.CC(C)N1CCC(F)(C(=O)N(C)C(C)C)CC1. The molecule has 28 heteroatoms. The van der Waals surface area contributed by atoms with Crippen LogP contribution in [0.5, 0.6) is 0 Å². The third kappa shape index (κ3) is 34.0. The second-order valence-electron chi connectivity index (χ2n) is 42.3. The first kappa shape index (κ1) is 116. The summed E-state index contributed by atoms with van der Waals surface area (Å²) in [4.78, 5) is 128. The van der Waals surface area contributed by atoms with E-state index < -0.39 is 17.0 Å². The van der Waals surface area contributed by atoms with Gasteiger partial charge in [-0.15, -0.1) is 0 Å². The highest BCUT2D eigenvalue weighted by Crippen LogP contribution is 2.53. The summed E-state index contributed by atoms with van der Waals surface area (Å²) in [7, 11) is 14.4. The molecule has 0 bridgehead atoms. The van der Waals surface area contributed by atoms with Crippen molar-refractivity contribution >= 4 is 47.4 Å². The third-order valence-corrected chi connectivity index (χ3v) is 28.5. The Morgan fingerprint density at radius 2 is 0.568 bits per heavy atom. The zero-order valence-corrected chi connectivity index (χ0v) is 87.2. The molecule has 8 heterocycles. The predicted octanol–water partition coefficient (Wildman–Crippen LogP) is 13.2. The number of likely N-dealkylation sites (tertiary alicyclic amines) is 8. The van der Waals surface area contributed by atoms with Crippen molar-refractivity contribution < 1.29 is 56.3 Å². The number of piperidine rings is 4. The number of carbonyl (C=O) groups excluding carboxylic acids is 8. The average Bonchev–Trinajstić information content (AvgIpc) is 1.59. The molecule has 4 atom stereocenters. The molecule has 1 aliphatic carbocycles. The molecule has 25 nitrogen and oxygen atoms in total. The zero-order valence-electron chi connectivity index (χ0n) is 87.2. The van der Waals surface area contributed by atoms with Gasteiger partial charge in [-0.1, -0.05) is 0 Å². The summed E-state index contributed by atoms with van der Waals surface area (Å²) in [5.74, 6) is 2.56. The molecule has 0 radical (unpaired) electrons. The molecule has 9 rings (SSSR count). The molecule has 125 heavy (non-hydrogen) atoms. The number of hydrogen-bond donors (Lipinski definition) is 0. The number of alkyl halides is 3. The first-order valence-electron chi connectivity index (χ1n) is 48.2. The highest BCUT2D eigenvalue weighted by atomic mass is 19.2. The minimum Gasteiger partial charge on any atom is -0.443 e. The first-order chi connectivity index (χ1) is 57.4. The van der Waals surface area contributed by atoms with E-state index in [9.17, 15) is 51.5 Å². The Morgan fingerprint density at radius 3 is 0.864 bits per heavy atom. The number of ether oxygens (including phenoxy) is 1. The molecule has 0 N–H and O–H groups in total. The molecule has 8 amide bonds. The smallest absolute Gasteiger partial charge is 0.410 e. The van der Waals surface area contributed by atoms with Crippen LogP contribution in [0, 0.1) is 35.5 Å². The summed E-state index contributed by atoms with van der Waals surface area (Å²) < 4.78 is 48.6. The second-order valence-corrected chi connectivity index (χ2v) is 42.3. The summed E-state index contributed by atoms with van der Waals surface area (Å²) >= 11 is 0. The standard InChI is InChI=1S/2C13H25FN2O.C13H24N2O.C13H26N2O.C12H24N2O.C11H21FN2O.C11H22N2O2.C11H22N2O/c2*1-10(2)15(5)12(17)13(14)6-8-16(9-7-13)11(3)4;1-8(2)14(5)13(16)12-10-6-15(9(3)4)7-11(10)12;1-10(2)14(5)13(16)12-6-8-15(9-7-12)11(3)4;1-8(2)13(6)12(15)11-7-14(9(3)4)10(11)5;1-8(2)13(5)10(15)11(12)6-14(7-11)9(3)4;1-8(2)12(5)11(14)15-10-6-13(7-10)9(3)4;1-8(2)12(5)11(14)10-6-13(7-10)9(3)4/h2*10-11H,6-9H2,1-5H3;8-12H,6-7H2,1-5H3;10-12H,6-9H2,1-5H3;8-11H,7H2,1-6H3;8-9H,6-7H2,1-5H3;8-10H,6-7H2,1-5H3;8-10H,6-7H2,1-5H3. The van der Waals surface area contributed by atoms with Gasteiger partial charge in [0.05, 0.1) is 11.8 Å². The Balaban J connectivity index is 0.000000484. The highest BCUT2D eigenvalue weighted by Gasteiger charge is 2.60. The van der Waals surface area contributed by atoms with Crippen LogP contribution in [0.15, 0.2) is 0 Å². The maximum Gasteiger partial charge on any atom is 0.410 e. The molecule has 1 saturated carbocycles. The van der Waals surface area contributed by atoms with E-state index >= 15 is 0 Å². The Labute approximate surface area is 761 Å². The predicted molar refractivity (Wildman–Crippen MR) is 507 cm³/mol. The number of hydrogen-bond acceptors (Lipinski definition) is 17. The topological polar surface area (TPSA) is 198 Å². The van der Waals surface area contributed by atoms with Gasteiger partial charge in [0.25, 0.3) is 17.7 Å². The van der Waals surface area contributed by atoms with Gasteiger partial charge in [-0.2, -0.15) is 0 Å². The van der Waals surface area contributed by atoms with Crippen LogP contribution in [-0.2, 0) is 38.3 Å². The number of carbonyl (C=O) groups is 8. The lowest BCUT2D eigenvalue weighted by Gasteiger charge is -2.49. The number of halogens is 3. The molecule has 9 aliphatic rings. The van der Waals surface area contributed by atoms with Crippen molar-refractivity contribution in [1.82, 2.24) is 78.4 Å². The molecule has 0 aromatic rings. The lowest BCUT2D eigenvalue weighted by molar-refractivity contribution is -0.158. The van der Waals surface area contributed by atoms with Crippen LogP contribution in [0.25, 0.3) is 0 Å². The summed E-state index contributed by atoms with van der Waals surface area (Å²) in [6.45, 7) is 80.5. The minimum absolute atomic E-state index is 0.0539. The van der Waals surface area contributed by atoms with Gasteiger partial charge in [0.2, 0.25) is 29.3 Å². The van der Waals surface area contributed by atoms with Crippen LogP contribution in [0.1, 0.15) is 267 Å². The first-order valence-corrected chi connectivity index (χ1v) is 48.2. The van der Waals surface area contributed by atoms with E-state index in [2.05, 4.69) is 194 Å². The average molecular weight is 1780 g/mol. The normalized spacial score (nSPS) is 22.4. The van der Waals surface area contributed by atoms with Crippen LogP contribution < -0.4 is 0 Å². The Hall–Kier alpha value is -4.97. The summed E-state index contributed by atoms with van der Waals surface area (Å²) in [6, 6.07) is 6.09. The monoisotopic (exact) mass is 1780 g/mol. The van der Waals surface area contributed by atoms with Crippen molar-refractivity contribution in [3.8, 4) is 0 Å². The lowest BCUT2D eigenvalue weighted by atomic mass is 9.87. The van der Waals surface area contributed by atoms with E-state index in [0.717, 1.165) is 71.7 Å². The van der Waals surface area contributed by atoms with Gasteiger partial charge in [-0.3, -0.25) is 53.2 Å². The number of nitrogens with zero attached hydrogens (tertiary/aromatic N) is 16. The van der Waals surface area contributed by atoms with Gasteiger partial charge in [0.15, 0.2) is 11.3 Å². The largest absolute Gasteiger partial charge is 0.443 e. The van der Waals surface area contributed by atoms with Gasteiger partial charge in [0.1, 0.15) is 6.10 Å². The fourth-order valence-corrected chi connectivity index (χ4v) is 16.2. The number of amides is 8. The molecule has 4 unspecified atom stereocenters. The maximum atomic E-state index is 14.6. The van der Waals surface area contributed by atoms with Crippen molar-refractivity contribution in [2.75, 3.05) is 155 Å². The minimum atomic E-state index is -1.65. The Bertz CT molecular complexity index is 3130. The maximum absolute atomic E-state index is 14.6. The van der Waals surface area contributed by atoms with Gasteiger partial charge < -0.3 is 63.5 Å². The third-order valence-electron chi connectivity index (χ3n) is 28.5. The molecule has 8 aliphatic heterocycles. The van der Waals surface area contributed by atoms with Crippen molar-refractivity contribution in [1.29, 1.82) is 0 Å². The summed E-state index contributed by atoms with van der Waals surface area (Å²) in [5.41, 5.74) is -4.95. The molecule has 0 aromatic carbocycles. The van der Waals surface area contributed by atoms with Crippen LogP contribution in [0.4, 0.5) is 18.0 Å². The summed E-state index contributed by atoms with van der Waals surface area (Å²) in [5, 5.41) is 0. The van der Waals surface area contributed by atoms with E-state index in [1.54, 1.807) is 33.1 Å². The van der Waals surface area contributed by atoms with Crippen LogP contribution >= 0.6 is 0 Å². The molecular weight excluding hydrogens is 1590 g/mol. The fraction of sp³-hybridized carbons (Fsp3) is 0.918. The van der Waals surface area contributed by atoms with E-state index in [0.29, 0.717) is 172 Å². The van der Waals surface area contributed by atoms with E-state index in [-0.39, 0.29) is 84.9 Å². The molecule has 732 valence electrons. The number of rotatable bonds is 24. The quantitative estimate of drug-likeness (QED) is 0.0883. The lowest BCUT2D eigenvalue weighted by Crippen LogP contribution is -2.68. The van der Waals surface area contributed by atoms with Gasteiger partial charge >= 0.3 is 6.09 Å². The fourth-order valence-electron chi connectivity index (χ4n) is 16.2. The van der Waals surface area contributed by atoms with E-state index in [1.807, 2.05) is 122 Å². The Morgan fingerprint density at radius 1 is 0.296 bits per heavy atom. The highest BCUT2D eigenvalue weighted by molar-refractivity contribution is 5.88. The van der Waals surface area contributed by atoms with Crippen LogP contribution in [0.2, 0.25) is 0 Å². The molecule has 8 saturated heterocycles. The molecular formula is C97H189F3N16O9. The van der Waals surface area contributed by atoms with Crippen LogP contribution in [0.3, 0.4) is 0 Å². The molecule has 9 fully saturated rings. The van der Waals surface area contributed by atoms with E-state index in [1.165, 1.54) is 14.7 Å². The van der Waals surface area contributed by atoms with Crippen LogP contribution in [-0.4, -0.2) is 406 Å². The van der Waals surface area contributed by atoms with Crippen molar-refractivity contribution in [2.24, 2.45) is 35.5 Å². The van der Waals surface area contributed by atoms with E-state index in [4.69, 9.17) is 4.74 Å². The summed E-state index contributed by atoms with van der Waals surface area (Å²) in [6.07, 6.45) is 3.20. The van der Waals surface area contributed by atoms with Crippen molar-refractivity contribution in [3.63, 3.8) is 0 Å². The zero-order chi connectivity index (χ0) is 96.8. The number of fused-ring (bicyclic) bond motifs is 1. The second kappa shape index (κ2) is 51.7. The molecule has 0 aromatic heterocycles. The van der Waals surface area contributed by atoms with Crippen molar-refractivity contribution in [3.05, 3.63) is 0 Å². The van der Waals surface area contributed by atoms with Gasteiger partial charge in [0, 0.05) is 282 Å². The van der Waals surface area contributed by atoms with Crippen molar-refractivity contribution in [2.45, 2.75) is 393 Å². The molecule has 0 spiro atoms. The van der Waals surface area contributed by atoms with Gasteiger partial charge in [-0.25, -0.2) is 18.0 Å².